The lowest BCUT2D eigenvalue weighted by Gasteiger charge is -2.38. The summed E-state index contributed by atoms with van der Waals surface area (Å²) < 4.78 is 12.2. The highest BCUT2D eigenvalue weighted by Gasteiger charge is 2.31. The number of benzene rings is 1. The summed E-state index contributed by atoms with van der Waals surface area (Å²) in [7, 11) is 1.69. The van der Waals surface area contributed by atoms with Gasteiger partial charge >= 0.3 is 0 Å². The Morgan fingerprint density at radius 2 is 2.32 bits per heavy atom. The Labute approximate surface area is 123 Å². The van der Waals surface area contributed by atoms with Crippen molar-refractivity contribution in [2.75, 3.05) is 19.0 Å². The van der Waals surface area contributed by atoms with E-state index in [-0.39, 0.29) is 5.60 Å². The second kappa shape index (κ2) is 6.14. The van der Waals surface area contributed by atoms with Crippen molar-refractivity contribution >= 4 is 21.6 Å². The average Bonchev–Trinajstić information content (AvgIpc) is 2.41. The van der Waals surface area contributed by atoms with Crippen LogP contribution in [0.1, 0.15) is 33.1 Å². The van der Waals surface area contributed by atoms with E-state index in [4.69, 9.17) is 9.47 Å². The molecule has 0 spiro atoms. The fourth-order valence-corrected chi connectivity index (χ4v) is 2.82. The van der Waals surface area contributed by atoms with Crippen LogP contribution in [-0.2, 0) is 4.74 Å². The zero-order chi connectivity index (χ0) is 13.9. The van der Waals surface area contributed by atoms with E-state index in [0.717, 1.165) is 41.8 Å². The minimum absolute atomic E-state index is 0.00125. The van der Waals surface area contributed by atoms with Crippen LogP contribution in [0.4, 0.5) is 5.69 Å². The van der Waals surface area contributed by atoms with Crippen LogP contribution in [0.15, 0.2) is 22.7 Å². The van der Waals surface area contributed by atoms with Crippen LogP contribution >= 0.6 is 15.9 Å². The maximum absolute atomic E-state index is 5.88. The predicted molar refractivity (Wildman–Crippen MR) is 82.0 cm³/mol. The first-order valence-corrected chi connectivity index (χ1v) is 7.59. The van der Waals surface area contributed by atoms with E-state index in [1.807, 2.05) is 18.2 Å². The smallest absolute Gasteiger partial charge is 0.121 e. The first kappa shape index (κ1) is 14.7. The number of ether oxygens (including phenoxy) is 2. The zero-order valence-electron chi connectivity index (χ0n) is 11.8. The third-order valence-corrected chi connectivity index (χ3v) is 4.57. The molecule has 0 radical (unpaired) electrons. The number of nitrogens with one attached hydrogen (secondary N) is 1. The lowest BCUT2D eigenvalue weighted by atomic mass is 9.90. The number of rotatable bonds is 4. The summed E-state index contributed by atoms with van der Waals surface area (Å²) in [6.45, 7) is 5.20. The average molecular weight is 328 g/mol. The second-order valence-electron chi connectivity index (χ2n) is 5.33. The van der Waals surface area contributed by atoms with Crippen molar-refractivity contribution in [2.45, 2.75) is 44.8 Å². The maximum Gasteiger partial charge on any atom is 0.121 e. The van der Waals surface area contributed by atoms with Gasteiger partial charge in [0, 0.05) is 23.2 Å². The molecule has 0 saturated carbocycles. The Hall–Kier alpha value is -0.740. The van der Waals surface area contributed by atoms with Crippen LogP contribution in [0.3, 0.4) is 0 Å². The molecular formula is C15H22BrNO2. The van der Waals surface area contributed by atoms with E-state index in [9.17, 15) is 0 Å². The van der Waals surface area contributed by atoms with Gasteiger partial charge in [-0.05, 0) is 54.2 Å². The van der Waals surface area contributed by atoms with E-state index in [2.05, 4.69) is 35.1 Å². The van der Waals surface area contributed by atoms with Gasteiger partial charge in [0.05, 0.1) is 18.4 Å². The highest BCUT2D eigenvalue weighted by atomic mass is 79.9. The second-order valence-corrected chi connectivity index (χ2v) is 6.19. The molecule has 1 aliphatic rings. The number of hydrogen-bond acceptors (Lipinski definition) is 3. The van der Waals surface area contributed by atoms with Crippen LogP contribution in [0.2, 0.25) is 0 Å². The number of anilines is 1. The van der Waals surface area contributed by atoms with Gasteiger partial charge in [-0.15, -0.1) is 0 Å². The largest absolute Gasteiger partial charge is 0.497 e. The summed E-state index contributed by atoms with van der Waals surface area (Å²) in [6, 6.07) is 6.44. The minimum Gasteiger partial charge on any atom is -0.497 e. The van der Waals surface area contributed by atoms with Crippen molar-refractivity contribution < 1.29 is 9.47 Å². The summed E-state index contributed by atoms with van der Waals surface area (Å²) in [4.78, 5) is 0. The molecule has 1 heterocycles. The van der Waals surface area contributed by atoms with Crippen molar-refractivity contribution in [1.82, 2.24) is 0 Å². The van der Waals surface area contributed by atoms with Gasteiger partial charge in [0.1, 0.15) is 5.75 Å². The van der Waals surface area contributed by atoms with Crippen molar-refractivity contribution in [3.63, 3.8) is 0 Å². The van der Waals surface area contributed by atoms with Crippen LogP contribution in [0.5, 0.6) is 5.75 Å². The van der Waals surface area contributed by atoms with Crippen molar-refractivity contribution in [2.24, 2.45) is 0 Å². The Kier molecular flexibility index (Phi) is 4.74. The van der Waals surface area contributed by atoms with E-state index < -0.39 is 0 Å². The summed E-state index contributed by atoms with van der Waals surface area (Å²) in [5.74, 6) is 0.871. The summed E-state index contributed by atoms with van der Waals surface area (Å²) in [6.07, 6.45) is 3.12. The number of halogens is 1. The Bertz CT molecular complexity index is 438. The van der Waals surface area contributed by atoms with Crippen molar-refractivity contribution in [3.8, 4) is 5.75 Å². The molecule has 2 atom stereocenters. The third-order valence-electron chi connectivity index (χ3n) is 3.88. The van der Waals surface area contributed by atoms with Gasteiger partial charge in [-0.2, -0.15) is 0 Å². The molecule has 4 heteroatoms. The first-order chi connectivity index (χ1) is 9.06. The summed E-state index contributed by atoms with van der Waals surface area (Å²) in [5, 5.41) is 3.61. The molecule has 19 heavy (non-hydrogen) atoms. The van der Waals surface area contributed by atoms with Crippen LogP contribution in [0, 0.1) is 0 Å². The van der Waals surface area contributed by atoms with Crippen LogP contribution < -0.4 is 10.1 Å². The third kappa shape index (κ3) is 3.63. The van der Waals surface area contributed by atoms with Gasteiger partial charge in [0.25, 0.3) is 0 Å². The minimum atomic E-state index is 0.00125. The molecule has 1 saturated heterocycles. The van der Waals surface area contributed by atoms with Gasteiger partial charge in [0.2, 0.25) is 0 Å². The Morgan fingerprint density at radius 1 is 1.53 bits per heavy atom. The number of hydrogen-bond donors (Lipinski definition) is 1. The molecule has 2 rings (SSSR count). The van der Waals surface area contributed by atoms with Crippen LogP contribution in [0.25, 0.3) is 0 Å². The Balaban J connectivity index is 2.08. The quantitative estimate of drug-likeness (QED) is 0.898. The molecule has 0 bridgehead atoms. The molecule has 0 aliphatic carbocycles. The van der Waals surface area contributed by atoms with Gasteiger partial charge in [-0.1, -0.05) is 6.92 Å². The summed E-state index contributed by atoms with van der Waals surface area (Å²) in [5.41, 5.74) is 1.09. The molecule has 1 aliphatic heterocycles. The standard InChI is InChI=1S/C15H22BrNO2/c1-4-15(2)10-11(7-8-19-15)17-14-9-12(18-3)5-6-13(14)16/h5-6,9,11,17H,4,7-8,10H2,1-3H3. The van der Waals surface area contributed by atoms with E-state index >= 15 is 0 Å². The first-order valence-electron chi connectivity index (χ1n) is 6.80. The molecule has 0 amide bonds. The molecule has 0 aromatic heterocycles. The molecule has 1 aromatic carbocycles. The van der Waals surface area contributed by atoms with Gasteiger partial charge in [-0.25, -0.2) is 0 Å². The fourth-order valence-electron chi connectivity index (χ4n) is 2.46. The normalized spacial score (nSPS) is 27.1. The number of methoxy groups -OCH3 is 1. The predicted octanol–water partition coefficient (Wildman–Crippen LogP) is 4.22. The molecular weight excluding hydrogens is 306 g/mol. The molecule has 2 unspecified atom stereocenters. The molecule has 1 fully saturated rings. The molecule has 106 valence electrons. The van der Waals surface area contributed by atoms with Gasteiger partial charge in [0.15, 0.2) is 0 Å². The molecule has 3 nitrogen and oxygen atoms in total. The van der Waals surface area contributed by atoms with Crippen molar-refractivity contribution in [3.05, 3.63) is 22.7 Å². The zero-order valence-corrected chi connectivity index (χ0v) is 13.4. The van der Waals surface area contributed by atoms with Gasteiger partial charge < -0.3 is 14.8 Å². The molecule has 1 aromatic rings. The lowest BCUT2D eigenvalue weighted by molar-refractivity contribution is -0.0708. The monoisotopic (exact) mass is 327 g/mol. The highest BCUT2D eigenvalue weighted by Crippen LogP contribution is 2.33. The van der Waals surface area contributed by atoms with Gasteiger partial charge in [-0.3, -0.25) is 0 Å². The molecule has 1 N–H and O–H groups in total. The maximum atomic E-state index is 5.88. The van der Waals surface area contributed by atoms with E-state index in [0.29, 0.717) is 6.04 Å². The Morgan fingerprint density at radius 3 is 3.00 bits per heavy atom. The SMILES string of the molecule is CCC1(C)CC(Nc2cc(OC)ccc2Br)CCO1. The fraction of sp³-hybridized carbons (Fsp3) is 0.600. The van der Waals surface area contributed by atoms with Crippen LogP contribution in [-0.4, -0.2) is 25.4 Å². The lowest BCUT2D eigenvalue weighted by Crippen LogP contribution is -2.41. The van der Waals surface area contributed by atoms with E-state index in [1.165, 1.54) is 0 Å². The van der Waals surface area contributed by atoms with Crippen molar-refractivity contribution in [1.29, 1.82) is 0 Å². The summed E-state index contributed by atoms with van der Waals surface area (Å²) >= 11 is 3.58. The van der Waals surface area contributed by atoms with E-state index in [1.54, 1.807) is 7.11 Å². The topological polar surface area (TPSA) is 30.5 Å². The highest BCUT2D eigenvalue weighted by molar-refractivity contribution is 9.10.